The van der Waals surface area contributed by atoms with Gasteiger partial charge in [-0.05, 0) is 62.1 Å². The molecule has 23 heavy (non-hydrogen) atoms. The molecule has 6 heteroatoms. The van der Waals surface area contributed by atoms with Gasteiger partial charge in [-0.1, -0.05) is 0 Å². The fraction of sp³-hybridized carbons (Fsp3) is 0.706. The Labute approximate surface area is 138 Å². The number of rotatable bonds is 7. The molecule has 0 bridgehead atoms. The molecule has 2 heterocycles. The van der Waals surface area contributed by atoms with Gasteiger partial charge < -0.3 is 4.74 Å². The van der Waals surface area contributed by atoms with Crippen molar-refractivity contribution in [2.24, 2.45) is 5.92 Å². The summed E-state index contributed by atoms with van der Waals surface area (Å²) in [7, 11) is -3.15. The van der Waals surface area contributed by atoms with Crippen molar-refractivity contribution in [3.05, 3.63) is 30.1 Å². The van der Waals surface area contributed by atoms with Gasteiger partial charge in [0.2, 0.25) is 10.0 Å². The molecule has 0 radical (unpaired) electrons. The molecule has 1 aliphatic heterocycles. The number of ether oxygens (including phenoxy) is 1. The first-order chi connectivity index (χ1) is 11.1. The number of hydrogen-bond acceptors (Lipinski definition) is 4. The summed E-state index contributed by atoms with van der Waals surface area (Å²) in [5.41, 5.74) is 1.13. The van der Waals surface area contributed by atoms with Crippen LogP contribution in [0, 0.1) is 5.92 Å². The SMILES string of the molecule is O=S(=O)(C1CC1)N1CC[C@@H](OCC2CC2)[C@H]1Cc1ccncc1. The summed E-state index contributed by atoms with van der Waals surface area (Å²) in [5.74, 6) is 0.700. The summed E-state index contributed by atoms with van der Waals surface area (Å²) < 4.78 is 33.4. The Bertz CT molecular complexity index is 641. The van der Waals surface area contributed by atoms with E-state index in [-0.39, 0.29) is 17.4 Å². The number of pyridine rings is 1. The van der Waals surface area contributed by atoms with Gasteiger partial charge in [-0.3, -0.25) is 4.98 Å². The Morgan fingerprint density at radius 3 is 2.52 bits per heavy atom. The molecular formula is C17H24N2O3S. The molecule has 1 aromatic rings. The third kappa shape index (κ3) is 3.44. The predicted octanol–water partition coefficient (Wildman–Crippen LogP) is 1.99. The highest BCUT2D eigenvalue weighted by Gasteiger charge is 2.48. The molecule has 0 spiro atoms. The highest BCUT2D eigenvalue weighted by atomic mass is 32.2. The Hall–Kier alpha value is -0.980. The minimum atomic E-state index is -3.15. The smallest absolute Gasteiger partial charge is 0.217 e. The second-order valence-electron chi connectivity index (χ2n) is 7.09. The molecule has 4 rings (SSSR count). The van der Waals surface area contributed by atoms with Gasteiger partial charge >= 0.3 is 0 Å². The van der Waals surface area contributed by atoms with Gasteiger partial charge in [-0.2, -0.15) is 4.31 Å². The van der Waals surface area contributed by atoms with Crippen molar-refractivity contribution < 1.29 is 13.2 Å². The second kappa shape index (κ2) is 6.15. The fourth-order valence-electron chi connectivity index (χ4n) is 3.40. The first-order valence-corrected chi connectivity index (χ1v) is 10.2. The maximum atomic E-state index is 12.7. The summed E-state index contributed by atoms with van der Waals surface area (Å²) in [6, 6.07) is 3.87. The maximum Gasteiger partial charge on any atom is 0.217 e. The van der Waals surface area contributed by atoms with E-state index in [0.717, 1.165) is 31.4 Å². The van der Waals surface area contributed by atoms with Crippen LogP contribution in [0.2, 0.25) is 0 Å². The van der Waals surface area contributed by atoms with Crippen LogP contribution in [0.4, 0.5) is 0 Å². The topological polar surface area (TPSA) is 59.5 Å². The van der Waals surface area contributed by atoms with Crippen LogP contribution in [0.15, 0.2) is 24.5 Å². The van der Waals surface area contributed by atoms with Crippen molar-refractivity contribution in [1.82, 2.24) is 9.29 Å². The molecular weight excluding hydrogens is 312 g/mol. The van der Waals surface area contributed by atoms with Crippen molar-refractivity contribution in [2.45, 2.75) is 55.9 Å². The fourth-order valence-corrected chi connectivity index (χ4v) is 5.47. The van der Waals surface area contributed by atoms with Crippen LogP contribution in [0.3, 0.4) is 0 Å². The normalized spacial score (nSPS) is 29.0. The molecule has 2 aliphatic carbocycles. The van der Waals surface area contributed by atoms with Crippen molar-refractivity contribution in [3.8, 4) is 0 Å². The Balaban J connectivity index is 1.52. The maximum absolute atomic E-state index is 12.7. The Kier molecular flexibility index (Phi) is 4.15. The highest BCUT2D eigenvalue weighted by Crippen LogP contribution is 2.37. The summed E-state index contributed by atoms with van der Waals surface area (Å²) in [5, 5.41) is -0.148. The summed E-state index contributed by atoms with van der Waals surface area (Å²) in [6.45, 7) is 1.39. The molecule has 5 nitrogen and oxygen atoms in total. The minimum Gasteiger partial charge on any atom is -0.376 e. The number of sulfonamides is 1. The van der Waals surface area contributed by atoms with E-state index in [1.807, 2.05) is 12.1 Å². The molecule has 0 aromatic carbocycles. The first-order valence-electron chi connectivity index (χ1n) is 8.66. The molecule has 3 aliphatic rings. The number of hydrogen-bond donors (Lipinski definition) is 0. The van der Waals surface area contributed by atoms with E-state index in [0.29, 0.717) is 18.9 Å². The third-order valence-electron chi connectivity index (χ3n) is 5.14. The lowest BCUT2D eigenvalue weighted by Gasteiger charge is -2.28. The van der Waals surface area contributed by atoms with E-state index in [4.69, 9.17) is 4.74 Å². The Morgan fingerprint density at radius 2 is 1.87 bits per heavy atom. The van der Waals surface area contributed by atoms with E-state index >= 15 is 0 Å². The van der Waals surface area contributed by atoms with Gasteiger partial charge in [0.1, 0.15) is 0 Å². The monoisotopic (exact) mass is 336 g/mol. The Morgan fingerprint density at radius 1 is 1.13 bits per heavy atom. The van der Waals surface area contributed by atoms with E-state index in [9.17, 15) is 8.42 Å². The quantitative estimate of drug-likeness (QED) is 0.764. The standard InChI is InChI=1S/C17H24N2O3S/c20-23(21,15-3-4-15)19-10-7-17(22-12-14-1-2-14)16(19)11-13-5-8-18-9-6-13/h5-6,8-9,14-17H,1-4,7,10-12H2/t16-,17-/m1/s1. The lowest BCUT2D eigenvalue weighted by atomic mass is 10.0. The summed E-state index contributed by atoms with van der Waals surface area (Å²) >= 11 is 0. The van der Waals surface area contributed by atoms with E-state index in [2.05, 4.69) is 4.98 Å². The lowest BCUT2D eigenvalue weighted by Crippen LogP contribution is -2.43. The molecule has 126 valence electrons. The number of aromatic nitrogens is 1. The van der Waals surface area contributed by atoms with Crippen LogP contribution in [-0.4, -0.2) is 48.3 Å². The largest absolute Gasteiger partial charge is 0.376 e. The van der Waals surface area contributed by atoms with Crippen LogP contribution < -0.4 is 0 Å². The predicted molar refractivity (Wildman–Crippen MR) is 87.5 cm³/mol. The molecule has 0 unspecified atom stereocenters. The molecule has 0 amide bonds. The zero-order valence-electron chi connectivity index (χ0n) is 13.3. The molecule has 2 saturated carbocycles. The van der Waals surface area contributed by atoms with E-state index in [1.54, 1.807) is 16.7 Å². The van der Waals surface area contributed by atoms with Crippen molar-refractivity contribution in [1.29, 1.82) is 0 Å². The average molecular weight is 336 g/mol. The zero-order valence-corrected chi connectivity index (χ0v) is 14.1. The van der Waals surface area contributed by atoms with Crippen molar-refractivity contribution in [3.63, 3.8) is 0 Å². The van der Waals surface area contributed by atoms with Gasteiger partial charge in [-0.15, -0.1) is 0 Å². The minimum absolute atomic E-state index is 0.0253. The van der Waals surface area contributed by atoms with Crippen LogP contribution in [-0.2, 0) is 21.2 Å². The molecule has 1 saturated heterocycles. The van der Waals surface area contributed by atoms with Crippen LogP contribution >= 0.6 is 0 Å². The summed E-state index contributed by atoms with van der Waals surface area (Å²) in [6.07, 6.45) is 9.23. The molecule has 2 atom stereocenters. The van der Waals surface area contributed by atoms with Crippen molar-refractivity contribution >= 4 is 10.0 Å². The summed E-state index contributed by atoms with van der Waals surface area (Å²) in [4.78, 5) is 4.05. The van der Waals surface area contributed by atoms with Gasteiger partial charge in [0.15, 0.2) is 0 Å². The molecule has 3 fully saturated rings. The van der Waals surface area contributed by atoms with Crippen LogP contribution in [0.1, 0.15) is 37.7 Å². The van der Waals surface area contributed by atoms with Gasteiger partial charge in [0.25, 0.3) is 0 Å². The third-order valence-corrected chi connectivity index (χ3v) is 7.56. The lowest BCUT2D eigenvalue weighted by molar-refractivity contribution is 0.0305. The van der Waals surface area contributed by atoms with Crippen LogP contribution in [0.25, 0.3) is 0 Å². The average Bonchev–Trinajstić information content (AvgIpc) is 3.44. The molecule has 0 N–H and O–H groups in total. The van der Waals surface area contributed by atoms with Crippen molar-refractivity contribution in [2.75, 3.05) is 13.2 Å². The zero-order chi connectivity index (χ0) is 15.9. The highest BCUT2D eigenvalue weighted by molar-refractivity contribution is 7.90. The van der Waals surface area contributed by atoms with Crippen LogP contribution in [0.5, 0.6) is 0 Å². The second-order valence-corrected chi connectivity index (χ2v) is 9.25. The van der Waals surface area contributed by atoms with Gasteiger partial charge in [0, 0.05) is 25.5 Å². The van der Waals surface area contributed by atoms with Gasteiger partial charge in [-0.25, -0.2) is 8.42 Å². The molecule has 1 aromatic heterocycles. The van der Waals surface area contributed by atoms with E-state index in [1.165, 1.54) is 12.8 Å². The van der Waals surface area contributed by atoms with Gasteiger partial charge in [0.05, 0.1) is 17.4 Å². The van der Waals surface area contributed by atoms with E-state index < -0.39 is 10.0 Å². The number of nitrogens with zero attached hydrogens (tertiary/aromatic N) is 2. The first kappa shape index (κ1) is 15.5.